The molecule has 3 aliphatic rings. The third-order valence-corrected chi connectivity index (χ3v) is 12.8. The predicted molar refractivity (Wildman–Crippen MR) is 220 cm³/mol. The number of para-hydroxylation sites is 1. The van der Waals surface area contributed by atoms with E-state index in [1.165, 1.54) is 105 Å². The number of nitrogens with zero attached hydrogens (tertiary/aromatic N) is 1. The van der Waals surface area contributed by atoms with E-state index in [0.717, 1.165) is 0 Å². The van der Waals surface area contributed by atoms with Crippen molar-refractivity contribution in [2.75, 3.05) is 0 Å². The molecular weight excluding hydrogens is 639 g/mol. The van der Waals surface area contributed by atoms with Crippen LogP contribution in [0.2, 0.25) is 0 Å². The second-order valence-electron chi connectivity index (χ2n) is 15.6. The summed E-state index contributed by atoms with van der Waals surface area (Å²) in [7, 11) is 0. The summed E-state index contributed by atoms with van der Waals surface area (Å²) in [4.78, 5) is 0. The minimum atomic E-state index is -0.342. The lowest BCUT2D eigenvalue weighted by molar-refractivity contribution is 0.661. The highest BCUT2D eigenvalue weighted by Crippen LogP contribution is 2.64. The Hall–Kier alpha value is -6.44. The highest BCUT2D eigenvalue weighted by atomic mass is 15.0. The molecule has 0 N–H and O–H groups in total. The SMILES string of the molecule is CC1(C)c2ccccc2-c2cc3c4ccccc4n(-c4ccc(-c5cccc6c5-c5ccccc5C65c6ccccc6-c6ccccc65)cc4)c3cc21. The zero-order valence-electron chi connectivity index (χ0n) is 29.7. The van der Waals surface area contributed by atoms with Gasteiger partial charge in [0.15, 0.2) is 0 Å². The number of fused-ring (bicyclic) bond motifs is 16. The minimum absolute atomic E-state index is 0.0626. The normalized spacial score (nSPS) is 14.9. The van der Waals surface area contributed by atoms with Gasteiger partial charge >= 0.3 is 0 Å². The van der Waals surface area contributed by atoms with E-state index >= 15 is 0 Å². The van der Waals surface area contributed by atoms with E-state index in [4.69, 9.17) is 0 Å². The summed E-state index contributed by atoms with van der Waals surface area (Å²) in [5.74, 6) is 0. The minimum Gasteiger partial charge on any atom is -0.309 e. The number of aromatic nitrogens is 1. The van der Waals surface area contributed by atoms with Gasteiger partial charge in [-0.15, -0.1) is 0 Å². The summed E-state index contributed by atoms with van der Waals surface area (Å²) in [6.07, 6.45) is 0. The number of hydrogen-bond acceptors (Lipinski definition) is 0. The van der Waals surface area contributed by atoms with Gasteiger partial charge in [-0.05, 0) is 108 Å². The Bertz CT molecular complexity index is 2980. The van der Waals surface area contributed by atoms with E-state index in [1.807, 2.05) is 0 Å². The van der Waals surface area contributed by atoms with Gasteiger partial charge in [0.2, 0.25) is 0 Å². The molecule has 1 nitrogen and oxygen atoms in total. The van der Waals surface area contributed by atoms with E-state index in [9.17, 15) is 0 Å². The van der Waals surface area contributed by atoms with Crippen molar-refractivity contribution in [3.05, 3.63) is 209 Å². The maximum Gasteiger partial charge on any atom is 0.0725 e. The molecule has 9 aromatic rings. The summed E-state index contributed by atoms with van der Waals surface area (Å²) in [6, 6.07) is 66.2. The molecule has 3 aliphatic carbocycles. The summed E-state index contributed by atoms with van der Waals surface area (Å²) in [6.45, 7) is 4.74. The zero-order chi connectivity index (χ0) is 35.1. The van der Waals surface area contributed by atoms with Gasteiger partial charge in [0, 0.05) is 21.9 Å². The van der Waals surface area contributed by atoms with Crippen molar-refractivity contribution in [2.45, 2.75) is 24.7 Å². The summed E-state index contributed by atoms with van der Waals surface area (Å²) in [5.41, 5.74) is 22.2. The van der Waals surface area contributed by atoms with E-state index in [1.54, 1.807) is 0 Å². The number of rotatable bonds is 2. The third-order valence-electron chi connectivity index (χ3n) is 12.8. The maximum atomic E-state index is 2.47. The molecule has 0 amide bonds. The monoisotopic (exact) mass is 673 g/mol. The van der Waals surface area contributed by atoms with Crippen LogP contribution in [-0.2, 0) is 10.8 Å². The Morgan fingerprint density at radius 1 is 0.358 bits per heavy atom. The average Bonchev–Trinajstić information content (AvgIpc) is 3.88. The van der Waals surface area contributed by atoms with Crippen molar-refractivity contribution < 1.29 is 0 Å². The van der Waals surface area contributed by atoms with Gasteiger partial charge < -0.3 is 4.57 Å². The fourth-order valence-corrected chi connectivity index (χ4v) is 10.6. The molecule has 0 atom stereocenters. The van der Waals surface area contributed by atoms with Crippen LogP contribution < -0.4 is 0 Å². The predicted octanol–water partition coefficient (Wildman–Crippen LogP) is 13.1. The lowest BCUT2D eigenvalue weighted by atomic mass is 9.70. The van der Waals surface area contributed by atoms with E-state index in [2.05, 4.69) is 194 Å². The van der Waals surface area contributed by atoms with Crippen LogP contribution in [0.1, 0.15) is 47.2 Å². The van der Waals surface area contributed by atoms with Crippen molar-refractivity contribution in [3.63, 3.8) is 0 Å². The van der Waals surface area contributed by atoms with Crippen LogP contribution in [-0.4, -0.2) is 4.57 Å². The largest absolute Gasteiger partial charge is 0.309 e. The topological polar surface area (TPSA) is 4.93 Å². The quantitative estimate of drug-likeness (QED) is 0.172. The second kappa shape index (κ2) is 10.1. The number of hydrogen-bond donors (Lipinski definition) is 0. The first-order chi connectivity index (χ1) is 26.1. The Labute approximate surface area is 309 Å². The standard InChI is InChI=1S/C52H35N/c1-51(2)42-20-8-3-16-37(42)40-30-41-38-17-7-12-25-48(38)53(49(41)31-47(40)51)33-28-26-32(27-29-33)34-19-13-24-46-50(34)39-18-6-11-23-45(39)52(46)43-21-9-4-14-35(43)36-15-5-10-22-44(36)52/h3-31H,1-2H3. The Morgan fingerprint density at radius 3 is 1.58 bits per heavy atom. The number of benzene rings is 8. The fourth-order valence-electron chi connectivity index (χ4n) is 10.6. The zero-order valence-corrected chi connectivity index (χ0v) is 29.7. The molecule has 0 saturated heterocycles. The van der Waals surface area contributed by atoms with Crippen molar-refractivity contribution in [1.82, 2.24) is 4.57 Å². The molecule has 1 aromatic heterocycles. The third kappa shape index (κ3) is 3.53. The first-order valence-electron chi connectivity index (χ1n) is 18.8. The molecule has 0 fully saturated rings. The molecular formula is C52H35N. The fraction of sp³-hybridized carbons (Fsp3) is 0.0769. The van der Waals surface area contributed by atoms with Crippen molar-refractivity contribution >= 4 is 21.8 Å². The molecule has 8 aromatic carbocycles. The van der Waals surface area contributed by atoms with Crippen molar-refractivity contribution in [3.8, 4) is 50.2 Å². The molecule has 248 valence electrons. The van der Waals surface area contributed by atoms with Crippen LogP contribution in [0, 0.1) is 0 Å². The Morgan fingerprint density at radius 2 is 0.887 bits per heavy atom. The van der Waals surface area contributed by atoms with Gasteiger partial charge in [-0.3, -0.25) is 0 Å². The van der Waals surface area contributed by atoms with E-state index in [-0.39, 0.29) is 10.8 Å². The first-order valence-corrected chi connectivity index (χ1v) is 18.8. The van der Waals surface area contributed by atoms with Crippen molar-refractivity contribution in [1.29, 1.82) is 0 Å². The highest BCUT2D eigenvalue weighted by Gasteiger charge is 2.52. The van der Waals surface area contributed by atoms with Crippen LogP contribution in [0.15, 0.2) is 176 Å². The first kappa shape index (κ1) is 29.2. The van der Waals surface area contributed by atoms with Gasteiger partial charge in [0.05, 0.1) is 16.4 Å². The molecule has 12 rings (SSSR count). The van der Waals surface area contributed by atoms with Gasteiger partial charge in [-0.2, -0.15) is 0 Å². The molecule has 53 heavy (non-hydrogen) atoms. The molecule has 1 heterocycles. The average molecular weight is 674 g/mol. The highest BCUT2D eigenvalue weighted by molar-refractivity contribution is 6.12. The van der Waals surface area contributed by atoms with Crippen LogP contribution >= 0.6 is 0 Å². The molecule has 0 bridgehead atoms. The molecule has 1 spiro atoms. The Kier molecular flexibility index (Phi) is 5.57. The van der Waals surface area contributed by atoms with Gasteiger partial charge in [0.1, 0.15) is 0 Å². The maximum absolute atomic E-state index is 2.47. The second-order valence-corrected chi connectivity index (χ2v) is 15.6. The molecule has 0 unspecified atom stereocenters. The Balaban J connectivity index is 1.05. The molecule has 1 heteroatoms. The van der Waals surface area contributed by atoms with Crippen molar-refractivity contribution in [2.24, 2.45) is 0 Å². The lowest BCUT2D eigenvalue weighted by Gasteiger charge is -2.30. The van der Waals surface area contributed by atoms with Crippen LogP contribution in [0.5, 0.6) is 0 Å². The summed E-state index contributed by atoms with van der Waals surface area (Å²) in [5, 5.41) is 2.59. The molecule has 0 aliphatic heterocycles. The van der Waals surface area contributed by atoms with Gasteiger partial charge in [0.25, 0.3) is 0 Å². The van der Waals surface area contributed by atoms with Crippen LogP contribution in [0.4, 0.5) is 0 Å². The smallest absolute Gasteiger partial charge is 0.0725 e. The van der Waals surface area contributed by atoms with E-state index < -0.39 is 0 Å². The van der Waals surface area contributed by atoms with Gasteiger partial charge in [-0.25, -0.2) is 0 Å². The van der Waals surface area contributed by atoms with Crippen LogP contribution in [0.3, 0.4) is 0 Å². The summed E-state index contributed by atoms with van der Waals surface area (Å²) >= 11 is 0. The molecule has 0 saturated carbocycles. The summed E-state index contributed by atoms with van der Waals surface area (Å²) < 4.78 is 2.47. The molecule has 0 radical (unpaired) electrons. The van der Waals surface area contributed by atoms with Crippen LogP contribution in [0.25, 0.3) is 72.0 Å². The van der Waals surface area contributed by atoms with Gasteiger partial charge in [-0.1, -0.05) is 159 Å². The van der Waals surface area contributed by atoms with E-state index in [0.29, 0.717) is 0 Å². The lowest BCUT2D eigenvalue weighted by Crippen LogP contribution is -2.25.